The van der Waals surface area contributed by atoms with Gasteiger partial charge in [-0.1, -0.05) is 35.8 Å². The van der Waals surface area contributed by atoms with Gasteiger partial charge in [0, 0.05) is 16.1 Å². The lowest BCUT2D eigenvalue weighted by Gasteiger charge is -2.11. The van der Waals surface area contributed by atoms with E-state index in [0.29, 0.717) is 5.11 Å². The van der Waals surface area contributed by atoms with Crippen molar-refractivity contribution < 1.29 is 4.79 Å². The summed E-state index contributed by atoms with van der Waals surface area (Å²) in [5, 5.41) is 5.87. The molecule has 0 atom stereocenters. The largest absolute Gasteiger partial charge is 0.332 e. The standard InChI is InChI=1S/C11H13BrN2OS/c1-7(2)10(15)14-11(16)13-9-5-3-4-8(12)6-9/h3-7H,1-2H3,(H2,13,14,15,16). The molecule has 0 aliphatic carbocycles. The number of benzene rings is 1. The van der Waals surface area contributed by atoms with Gasteiger partial charge in [-0.3, -0.25) is 4.79 Å². The zero-order valence-corrected chi connectivity index (χ0v) is 11.5. The molecule has 1 rings (SSSR count). The van der Waals surface area contributed by atoms with Gasteiger partial charge in [-0.05, 0) is 30.4 Å². The Morgan fingerprint density at radius 1 is 1.44 bits per heavy atom. The van der Waals surface area contributed by atoms with Crippen LogP contribution < -0.4 is 10.6 Å². The van der Waals surface area contributed by atoms with Crippen LogP contribution in [-0.2, 0) is 4.79 Å². The Morgan fingerprint density at radius 2 is 2.12 bits per heavy atom. The van der Waals surface area contributed by atoms with E-state index in [0.717, 1.165) is 10.2 Å². The molecule has 0 spiro atoms. The summed E-state index contributed by atoms with van der Waals surface area (Å²) in [6.45, 7) is 3.63. The first-order chi connectivity index (χ1) is 7.49. The van der Waals surface area contributed by atoms with E-state index in [1.807, 2.05) is 38.1 Å². The van der Waals surface area contributed by atoms with Crippen LogP contribution >= 0.6 is 28.1 Å². The van der Waals surface area contributed by atoms with Crippen molar-refractivity contribution in [3.8, 4) is 0 Å². The zero-order valence-electron chi connectivity index (χ0n) is 9.08. The molecule has 0 aliphatic rings. The number of nitrogens with one attached hydrogen (secondary N) is 2. The van der Waals surface area contributed by atoms with Gasteiger partial charge in [0.1, 0.15) is 0 Å². The summed E-state index contributed by atoms with van der Waals surface area (Å²) in [5.41, 5.74) is 0.837. The number of carbonyl (C=O) groups is 1. The highest BCUT2D eigenvalue weighted by Gasteiger charge is 2.08. The van der Waals surface area contributed by atoms with Gasteiger partial charge >= 0.3 is 0 Å². The highest BCUT2D eigenvalue weighted by Crippen LogP contribution is 2.15. The SMILES string of the molecule is CC(C)C(=O)NC(=S)Nc1cccc(Br)c1. The van der Waals surface area contributed by atoms with Gasteiger partial charge in [0.2, 0.25) is 5.91 Å². The van der Waals surface area contributed by atoms with Crippen LogP contribution in [0.4, 0.5) is 5.69 Å². The van der Waals surface area contributed by atoms with E-state index >= 15 is 0 Å². The number of halogens is 1. The maximum Gasteiger partial charge on any atom is 0.228 e. The van der Waals surface area contributed by atoms with Crippen LogP contribution in [0.25, 0.3) is 0 Å². The molecule has 0 saturated carbocycles. The molecule has 5 heteroatoms. The average molecular weight is 301 g/mol. The molecule has 0 unspecified atom stereocenters. The topological polar surface area (TPSA) is 41.1 Å². The highest BCUT2D eigenvalue weighted by atomic mass is 79.9. The van der Waals surface area contributed by atoms with Crippen LogP contribution in [0, 0.1) is 5.92 Å². The van der Waals surface area contributed by atoms with Crippen LogP contribution in [0.2, 0.25) is 0 Å². The lowest BCUT2D eigenvalue weighted by atomic mass is 10.2. The van der Waals surface area contributed by atoms with E-state index < -0.39 is 0 Å². The van der Waals surface area contributed by atoms with Gasteiger partial charge in [-0.25, -0.2) is 0 Å². The van der Waals surface area contributed by atoms with Gasteiger partial charge in [0.25, 0.3) is 0 Å². The monoisotopic (exact) mass is 300 g/mol. The fraction of sp³-hybridized carbons (Fsp3) is 0.273. The molecule has 0 fully saturated rings. The molecular formula is C11H13BrN2OS. The quantitative estimate of drug-likeness (QED) is 0.825. The van der Waals surface area contributed by atoms with Crippen molar-refractivity contribution >= 4 is 44.9 Å². The van der Waals surface area contributed by atoms with Crippen molar-refractivity contribution in [2.24, 2.45) is 5.92 Å². The molecule has 0 aromatic heterocycles. The molecule has 0 saturated heterocycles. The van der Waals surface area contributed by atoms with E-state index in [4.69, 9.17) is 12.2 Å². The summed E-state index contributed by atoms with van der Waals surface area (Å²) in [4.78, 5) is 11.4. The number of rotatable bonds is 2. The smallest absolute Gasteiger partial charge is 0.228 e. The Labute approximate surface area is 109 Å². The van der Waals surface area contributed by atoms with Crippen LogP contribution in [0.1, 0.15) is 13.8 Å². The second-order valence-electron chi connectivity index (χ2n) is 3.61. The lowest BCUT2D eigenvalue weighted by Crippen LogP contribution is -2.36. The van der Waals surface area contributed by atoms with E-state index in [1.54, 1.807) is 0 Å². The number of amides is 1. The van der Waals surface area contributed by atoms with Crippen molar-refractivity contribution in [1.82, 2.24) is 5.32 Å². The first kappa shape index (κ1) is 13.1. The second kappa shape index (κ2) is 5.96. The van der Waals surface area contributed by atoms with E-state index in [1.165, 1.54) is 0 Å². The maximum absolute atomic E-state index is 11.4. The van der Waals surface area contributed by atoms with Crippen LogP contribution in [-0.4, -0.2) is 11.0 Å². The fourth-order valence-electron chi connectivity index (χ4n) is 0.985. The molecular weight excluding hydrogens is 288 g/mol. The molecule has 86 valence electrons. The van der Waals surface area contributed by atoms with Crippen LogP contribution in [0.5, 0.6) is 0 Å². The van der Waals surface area contributed by atoms with E-state index in [2.05, 4.69) is 26.6 Å². The molecule has 2 N–H and O–H groups in total. The maximum atomic E-state index is 11.4. The second-order valence-corrected chi connectivity index (χ2v) is 4.93. The number of hydrogen-bond acceptors (Lipinski definition) is 2. The third-order valence-corrected chi connectivity index (χ3v) is 2.54. The Balaban J connectivity index is 2.55. The minimum Gasteiger partial charge on any atom is -0.332 e. The van der Waals surface area contributed by atoms with Crippen molar-refractivity contribution in [2.75, 3.05) is 5.32 Å². The summed E-state index contributed by atoms with van der Waals surface area (Å²) in [6, 6.07) is 7.56. The Kier molecular flexibility index (Phi) is 4.89. The van der Waals surface area contributed by atoms with Crippen molar-refractivity contribution in [3.63, 3.8) is 0 Å². The molecule has 3 nitrogen and oxygen atoms in total. The minimum absolute atomic E-state index is 0.0812. The van der Waals surface area contributed by atoms with Crippen molar-refractivity contribution in [1.29, 1.82) is 0 Å². The molecule has 1 aromatic carbocycles. The number of carbonyl (C=O) groups excluding carboxylic acids is 1. The minimum atomic E-state index is -0.0903. The van der Waals surface area contributed by atoms with Crippen LogP contribution in [0.15, 0.2) is 28.7 Å². The normalized spacial score (nSPS) is 10.0. The van der Waals surface area contributed by atoms with Gasteiger partial charge < -0.3 is 10.6 Å². The number of hydrogen-bond donors (Lipinski definition) is 2. The molecule has 1 aromatic rings. The van der Waals surface area contributed by atoms with Crippen molar-refractivity contribution in [2.45, 2.75) is 13.8 Å². The molecule has 0 bridgehead atoms. The fourth-order valence-corrected chi connectivity index (χ4v) is 1.60. The van der Waals surface area contributed by atoms with Gasteiger partial charge in [-0.15, -0.1) is 0 Å². The predicted octanol–water partition coefficient (Wildman–Crippen LogP) is 2.92. The Morgan fingerprint density at radius 3 is 2.69 bits per heavy atom. The molecule has 16 heavy (non-hydrogen) atoms. The first-order valence-corrected chi connectivity index (χ1v) is 6.06. The average Bonchev–Trinajstić information content (AvgIpc) is 2.16. The summed E-state index contributed by atoms with van der Waals surface area (Å²) < 4.78 is 0.954. The third kappa shape index (κ3) is 4.28. The molecule has 0 aliphatic heterocycles. The Hall–Kier alpha value is -0.940. The molecule has 0 heterocycles. The zero-order chi connectivity index (χ0) is 12.1. The first-order valence-electron chi connectivity index (χ1n) is 4.86. The van der Waals surface area contributed by atoms with Gasteiger partial charge in [0.15, 0.2) is 5.11 Å². The number of anilines is 1. The summed E-state index contributed by atoms with van der Waals surface area (Å²) in [7, 11) is 0. The number of thiocarbonyl (C=S) groups is 1. The summed E-state index contributed by atoms with van der Waals surface area (Å²) in [5.74, 6) is -0.172. The third-order valence-electron chi connectivity index (χ3n) is 1.84. The van der Waals surface area contributed by atoms with E-state index in [9.17, 15) is 4.79 Å². The summed E-state index contributed by atoms with van der Waals surface area (Å²) in [6.07, 6.45) is 0. The van der Waals surface area contributed by atoms with Crippen LogP contribution in [0.3, 0.4) is 0 Å². The summed E-state index contributed by atoms with van der Waals surface area (Å²) >= 11 is 8.37. The molecule has 1 amide bonds. The molecule has 0 radical (unpaired) electrons. The Bertz CT molecular complexity index is 407. The highest BCUT2D eigenvalue weighted by molar-refractivity contribution is 9.10. The van der Waals surface area contributed by atoms with Crippen molar-refractivity contribution in [3.05, 3.63) is 28.7 Å². The lowest BCUT2D eigenvalue weighted by molar-refractivity contribution is -0.122. The van der Waals surface area contributed by atoms with Gasteiger partial charge in [-0.2, -0.15) is 0 Å². The van der Waals surface area contributed by atoms with Gasteiger partial charge in [0.05, 0.1) is 0 Å². The predicted molar refractivity (Wildman–Crippen MR) is 73.3 cm³/mol. The van der Waals surface area contributed by atoms with E-state index in [-0.39, 0.29) is 11.8 Å².